The Morgan fingerprint density at radius 2 is 1.75 bits per heavy atom. The van der Waals surface area contributed by atoms with E-state index in [9.17, 15) is 0 Å². The van der Waals surface area contributed by atoms with Crippen LogP contribution in [-0.4, -0.2) is 29.7 Å². The Morgan fingerprint density at radius 3 is 2.25 bits per heavy atom. The summed E-state index contributed by atoms with van der Waals surface area (Å²) >= 11 is 0. The van der Waals surface area contributed by atoms with E-state index in [1.807, 2.05) is 36.5 Å². The highest BCUT2D eigenvalue weighted by Gasteiger charge is 1.94. The molecule has 1 aliphatic rings. The summed E-state index contributed by atoms with van der Waals surface area (Å²) in [5.74, 6) is 0.922. The lowest BCUT2D eigenvalue weighted by Gasteiger charge is -1.92. The van der Waals surface area contributed by atoms with E-state index in [0.29, 0.717) is 0 Å². The number of aromatic nitrogens is 2. The van der Waals surface area contributed by atoms with Crippen LogP contribution in [0.25, 0.3) is 11.4 Å². The molecule has 84 valence electrons. The maximum Gasteiger partial charge on any atom is 0.137 e. The molecule has 3 N–H and O–H groups in total. The van der Waals surface area contributed by atoms with E-state index in [0.717, 1.165) is 31.1 Å². The van der Waals surface area contributed by atoms with Crippen LogP contribution in [0.15, 0.2) is 42.7 Å². The van der Waals surface area contributed by atoms with Gasteiger partial charge in [-0.1, -0.05) is 30.3 Å². The molecule has 0 spiro atoms. The highest BCUT2D eigenvalue weighted by molar-refractivity contribution is 5.53. The molecule has 4 heteroatoms. The molecular formula is C12H16N4. The van der Waals surface area contributed by atoms with Crippen LogP contribution in [0, 0.1) is 0 Å². The van der Waals surface area contributed by atoms with E-state index in [4.69, 9.17) is 0 Å². The van der Waals surface area contributed by atoms with Crippen molar-refractivity contribution in [3.63, 3.8) is 0 Å². The van der Waals surface area contributed by atoms with Crippen molar-refractivity contribution < 1.29 is 0 Å². The fraction of sp³-hybridized carbons (Fsp3) is 0.250. The van der Waals surface area contributed by atoms with Gasteiger partial charge in [0.25, 0.3) is 0 Å². The molecule has 3 rings (SSSR count). The van der Waals surface area contributed by atoms with Crippen molar-refractivity contribution in [3.05, 3.63) is 42.7 Å². The number of nitrogens with zero attached hydrogens (tertiary/aromatic N) is 1. The van der Waals surface area contributed by atoms with Crippen LogP contribution in [0.3, 0.4) is 0 Å². The maximum absolute atomic E-state index is 4.13. The predicted molar refractivity (Wildman–Crippen MR) is 64.9 cm³/mol. The van der Waals surface area contributed by atoms with Gasteiger partial charge in [-0.25, -0.2) is 4.98 Å². The molecule has 0 saturated carbocycles. The van der Waals surface area contributed by atoms with Gasteiger partial charge in [0.2, 0.25) is 0 Å². The maximum atomic E-state index is 4.13. The summed E-state index contributed by atoms with van der Waals surface area (Å²) < 4.78 is 0. The zero-order chi connectivity index (χ0) is 11.1. The second kappa shape index (κ2) is 6.05. The molecule has 1 aliphatic heterocycles. The topological polar surface area (TPSA) is 52.7 Å². The molecule has 2 aromatic rings. The molecule has 0 amide bonds. The van der Waals surface area contributed by atoms with Gasteiger partial charge in [-0.05, 0) is 0 Å². The lowest BCUT2D eigenvalue weighted by atomic mass is 10.2. The SMILES string of the molecule is C1CNCN1.c1ccc(-c2ncc[nH]2)cc1. The highest BCUT2D eigenvalue weighted by Crippen LogP contribution is 2.11. The van der Waals surface area contributed by atoms with Crippen LogP contribution < -0.4 is 10.6 Å². The molecule has 0 unspecified atom stereocenters. The summed E-state index contributed by atoms with van der Waals surface area (Å²) in [5.41, 5.74) is 1.12. The van der Waals surface area contributed by atoms with Gasteiger partial charge >= 0.3 is 0 Å². The molecule has 1 aromatic carbocycles. The second-order valence-electron chi connectivity index (χ2n) is 3.48. The Labute approximate surface area is 95.1 Å². The third kappa shape index (κ3) is 3.18. The smallest absolute Gasteiger partial charge is 0.137 e. The Kier molecular flexibility index (Phi) is 4.10. The normalized spacial score (nSPS) is 14.2. The van der Waals surface area contributed by atoms with Gasteiger partial charge in [0.15, 0.2) is 0 Å². The van der Waals surface area contributed by atoms with Gasteiger partial charge in [0.1, 0.15) is 5.82 Å². The molecule has 1 saturated heterocycles. The lowest BCUT2D eigenvalue weighted by Crippen LogP contribution is -2.11. The number of rotatable bonds is 1. The summed E-state index contributed by atoms with van der Waals surface area (Å²) in [5, 5.41) is 6.22. The van der Waals surface area contributed by atoms with Crippen LogP contribution in [0.1, 0.15) is 0 Å². The van der Waals surface area contributed by atoms with Crippen LogP contribution in [-0.2, 0) is 0 Å². The molecule has 0 radical (unpaired) electrons. The molecule has 4 nitrogen and oxygen atoms in total. The molecule has 0 atom stereocenters. The zero-order valence-electron chi connectivity index (χ0n) is 9.11. The first-order valence-electron chi connectivity index (χ1n) is 5.43. The Hall–Kier alpha value is -1.65. The van der Waals surface area contributed by atoms with Gasteiger partial charge in [0, 0.05) is 37.7 Å². The third-order valence-electron chi connectivity index (χ3n) is 2.27. The molecule has 0 bridgehead atoms. The first-order chi connectivity index (χ1) is 7.97. The fourth-order valence-electron chi connectivity index (χ4n) is 1.46. The van der Waals surface area contributed by atoms with E-state index in [1.54, 1.807) is 6.20 Å². The fourth-order valence-corrected chi connectivity index (χ4v) is 1.46. The van der Waals surface area contributed by atoms with Gasteiger partial charge in [-0.2, -0.15) is 0 Å². The summed E-state index contributed by atoms with van der Waals surface area (Å²) in [6.45, 7) is 3.28. The standard InChI is InChI=1S/C9H8N2.C3H8N2/c1-2-4-8(5-3-1)9-10-6-7-11-9;1-2-5-3-4-1/h1-7H,(H,10,11);4-5H,1-3H2. The van der Waals surface area contributed by atoms with Crippen LogP contribution in [0.5, 0.6) is 0 Å². The minimum Gasteiger partial charge on any atom is -0.345 e. The monoisotopic (exact) mass is 216 g/mol. The lowest BCUT2D eigenvalue weighted by molar-refractivity contribution is 0.807. The third-order valence-corrected chi connectivity index (χ3v) is 2.27. The number of nitrogens with one attached hydrogen (secondary N) is 3. The van der Waals surface area contributed by atoms with E-state index in [2.05, 4.69) is 20.6 Å². The van der Waals surface area contributed by atoms with Crippen molar-refractivity contribution >= 4 is 0 Å². The number of benzene rings is 1. The van der Waals surface area contributed by atoms with Crippen molar-refractivity contribution in [2.24, 2.45) is 0 Å². The molecule has 1 fully saturated rings. The first kappa shape index (κ1) is 10.9. The van der Waals surface area contributed by atoms with Crippen molar-refractivity contribution in [1.82, 2.24) is 20.6 Å². The van der Waals surface area contributed by atoms with Crippen LogP contribution >= 0.6 is 0 Å². The summed E-state index contributed by atoms with van der Waals surface area (Å²) in [7, 11) is 0. The van der Waals surface area contributed by atoms with E-state index in [1.165, 1.54) is 0 Å². The Balaban J connectivity index is 0.000000162. The van der Waals surface area contributed by atoms with Crippen LogP contribution in [0.2, 0.25) is 0 Å². The number of imidazole rings is 1. The first-order valence-corrected chi connectivity index (χ1v) is 5.43. The Morgan fingerprint density at radius 1 is 1.00 bits per heavy atom. The van der Waals surface area contributed by atoms with Crippen molar-refractivity contribution in [3.8, 4) is 11.4 Å². The zero-order valence-corrected chi connectivity index (χ0v) is 9.11. The predicted octanol–water partition coefficient (Wildman–Crippen LogP) is 1.21. The largest absolute Gasteiger partial charge is 0.345 e. The molecular weight excluding hydrogens is 200 g/mol. The van der Waals surface area contributed by atoms with E-state index < -0.39 is 0 Å². The summed E-state index contributed by atoms with van der Waals surface area (Å²) in [4.78, 5) is 7.17. The van der Waals surface area contributed by atoms with Gasteiger partial charge in [0.05, 0.1) is 0 Å². The number of hydrogen-bond donors (Lipinski definition) is 3. The van der Waals surface area contributed by atoms with Gasteiger partial charge in [-0.3, -0.25) is 0 Å². The van der Waals surface area contributed by atoms with Crippen molar-refractivity contribution in [2.75, 3.05) is 19.8 Å². The van der Waals surface area contributed by atoms with E-state index >= 15 is 0 Å². The van der Waals surface area contributed by atoms with Crippen molar-refractivity contribution in [2.45, 2.75) is 0 Å². The molecule has 1 aromatic heterocycles. The average Bonchev–Trinajstić information content (AvgIpc) is 3.07. The minimum absolute atomic E-state index is 0.922. The number of aromatic amines is 1. The molecule has 2 heterocycles. The highest BCUT2D eigenvalue weighted by atomic mass is 15.1. The number of H-pyrrole nitrogens is 1. The minimum atomic E-state index is 0.922. The quantitative estimate of drug-likeness (QED) is 0.671. The van der Waals surface area contributed by atoms with Gasteiger partial charge < -0.3 is 15.6 Å². The number of hydrogen-bond acceptors (Lipinski definition) is 3. The van der Waals surface area contributed by atoms with Gasteiger partial charge in [-0.15, -0.1) is 0 Å². The Bertz CT molecular complexity index is 371. The van der Waals surface area contributed by atoms with Crippen molar-refractivity contribution in [1.29, 1.82) is 0 Å². The van der Waals surface area contributed by atoms with E-state index in [-0.39, 0.29) is 0 Å². The molecule has 16 heavy (non-hydrogen) atoms. The summed E-state index contributed by atoms with van der Waals surface area (Å²) in [6, 6.07) is 10.0. The second-order valence-corrected chi connectivity index (χ2v) is 3.48. The summed E-state index contributed by atoms with van der Waals surface area (Å²) in [6.07, 6.45) is 3.57. The van der Waals surface area contributed by atoms with Crippen LogP contribution in [0.4, 0.5) is 0 Å². The average molecular weight is 216 g/mol. The molecule has 0 aliphatic carbocycles.